The summed E-state index contributed by atoms with van der Waals surface area (Å²) >= 11 is 0. The molecule has 0 aliphatic heterocycles. The van der Waals surface area contributed by atoms with Gasteiger partial charge in [-0.2, -0.15) is 0 Å². The minimum absolute atomic E-state index is 0.101. The fraction of sp³-hybridized carbons (Fsp3) is 0.412. The molecule has 190 valence electrons. The first kappa shape index (κ1) is 27.6. The van der Waals surface area contributed by atoms with E-state index in [1.165, 1.54) is 69.8 Å². The zero-order chi connectivity index (χ0) is 25.6. The first-order valence-corrected chi connectivity index (χ1v) is 13.9. The van der Waals surface area contributed by atoms with Gasteiger partial charge in [0.25, 0.3) is 0 Å². The lowest BCUT2D eigenvalue weighted by molar-refractivity contribution is 0.0894. The number of Topliss-reactive ketones (excluding diaryl/α,β-unsaturated/α-hetero) is 2. The molecule has 36 heavy (non-hydrogen) atoms. The molecule has 3 aromatic rings. The predicted octanol–water partition coefficient (Wildman–Crippen LogP) is 9.58. The third-order valence-electron chi connectivity index (χ3n) is 7.01. The Labute approximate surface area is 218 Å². The number of aryl methyl sites for hydroxylation is 2. The summed E-state index contributed by atoms with van der Waals surface area (Å²) in [6, 6.07) is 23.8. The molecule has 2 nitrogen and oxygen atoms in total. The van der Waals surface area contributed by atoms with Gasteiger partial charge in [-0.15, -0.1) is 0 Å². The number of ketones is 2. The van der Waals surface area contributed by atoms with E-state index in [2.05, 4.69) is 31.2 Å². The van der Waals surface area contributed by atoms with Crippen molar-refractivity contribution in [1.29, 1.82) is 0 Å². The Morgan fingerprint density at radius 2 is 0.944 bits per heavy atom. The van der Waals surface area contributed by atoms with Crippen LogP contribution in [0, 0.1) is 6.92 Å². The van der Waals surface area contributed by atoms with E-state index < -0.39 is 0 Å². The van der Waals surface area contributed by atoms with Gasteiger partial charge >= 0.3 is 0 Å². The van der Waals surface area contributed by atoms with Gasteiger partial charge in [-0.25, -0.2) is 0 Å². The summed E-state index contributed by atoms with van der Waals surface area (Å²) in [6.45, 7) is 4.25. The highest BCUT2D eigenvalue weighted by Gasteiger charge is 2.14. The zero-order valence-electron chi connectivity index (χ0n) is 22.2. The molecule has 0 bridgehead atoms. The van der Waals surface area contributed by atoms with E-state index in [0.717, 1.165) is 23.1 Å². The molecule has 0 aliphatic carbocycles. The van der Waals surface area contributed by atoms with Crippen LogP contribution in [0.2, 0.25) is 0 Å². The second-order valence-electron chi connectivity index (χ2n) is 10.1. The zero-order valence-corrected chi connectivity index (χ0v) is 22.2. The van der Waals surface area contributed by atoms with E-state index in [-0.39, 0.29) is 18.0 Å². The van der Waals surface area contributed by atoms with Crippen molar-refractivity contribution in [1.82, 2.24) is 0 Å². The molecule has 0 aromatic heterocycles. The molecule has 3 aromatic carbocycles. The van der Waals surface area contributed by atoms with Gasteiger partial charge < -0.3 is 0 Å². The Bertz CT molecular complexity index is 1060. The third-order valence-corrected chi connectivity index (χ3v) is 7.01. The summed E-state index contributed by atoms with van der Waals surface area (Å²) in [7, 11) is 0. The second kappa shape index (κ2) is 15.2. The maximum atomic E-state index is 12.6. The van der Waals surface area contributed by atoms with E-state index in [9.17, 15) is 9.59 Å². The molecular formula is C34H42O2. The number of rotatable bonds is 16. The topological polar surface area (TPSA) is 34.1 Å². The van der Waals surface area contributed by atoms with Crippen LogP contribution >= 0.6 is 0 Å². The van der Waals surface area contributed by atoms with Crippen molar-refractivity contribution in [2.45, 2.75) is 90.9 Å². The molecule has 3 rings (SSSR count). The standard InChI is InChI=1S/C34H42O2/c1-3-4-5-6-7-8-9-10-11-12-13-28-16-20-29(21-17-28)30-22-24-32(25-23-30)34(36)26-33(35)31-18-14-27(2)15-19-31/h14-25H,3-13,26H2,1-2H3. The first-order valence-electron chi connectivity index (χ1n) is 13.9. The van der Waals surface area contributed by atoms with Gasteiger partial charge in [0.05, 0.1) is 6.42 Å². The highest BCUT2D eigenvalue weighted by atomic mass is 16.1. The SMILES string of the molecule is CCCCCCCCCCCCc1ccc(-c2ccc(C(=O)CC(=O)c3ccc(C)cc3)cc2)cc1. The monoisotopic (exact) mass is 482 g/mol. The molecular weight excluding hydrogens is 440 g/mol. The number of carbonyl (C=O) groups is 2. The first-order chi connectivity index (χ1) is 17.6. The van der Waals surface area contributed by atoms with Crippen molar-refractivity contribution in [2.24, 2.45) is 0 Å². The van der Waals surface area contributed by atoms with Crippen LogP contribution in [0.15, 0.2) is 72.8 Å². The fourth-order valence-corrected chi connectivity index (χ4v) is 4.62. The molecule has 0 amide bonds. The van der Waals surface area contributed by atoms with Crippen LogP contribution in [0.3, 0.4) is 0 Å². The largest absolute Gasteiger partial charge is 0.294 e. The Balaban J connectivity index is 1.40. The van der Waals surface area contributed by atoms with Crippen molar-refractivity contribution < 1.29 is 9.59 Å². The van der Waals surface area contributed by atoms with E-state index >= 15 is 0 Å². The van der Waals surface area contributed by atoms with Crippen molar-refractivity contribution in [3.8, 4) is 11.1 Å². The maximum absolute atomic E-state index is 12.6. The highest BCUT2D eigenvalue weighted by Crippen LogP contribution is 2.22. The minimum atomic E-state index is -0.140. The molecule has 0 aliphatic rings. The quantitative estimate of drug-likeness (QED) is 0.116. The summed E-state index contributed by atoms with van der Waals surface area (Å²) in [4.78, 5) is 25.0. The fourth-order valence-electron chi connectivity index (χ4n) is 4.62. The van der Waals surface area contributed by atoms with Crippen LogP contribution in [-0.4, -0.2) is 11.6 Å². The Hall–Kier alpha value is -3.00. The van der Waals surface area contributed by atoms with Crippen LogP contribution < -0.4 is 0 Å². The van der Waals surface area contributed by atoms with Crippen molar-refractivity contribution in [2.75, 3.05) is 0 Å². The highest BCUT2D eigenvalue weighted by molar-refractivity contribution is 6.13. The van der Waals surface area contributed by atoms with Crippen LogP contribution in [0.25, 0.3) is 11.1 Å². The lowest BCUT2D eigenvalue weighted by atomic mass is 9.97. The van der Waals surface area contributed by atoms with Crippen molar-refractivity contribution >= 4 is 11.6 Å². The van der Waals surface area contributed by atoms with Gasteiger partial charge in [-0.1, -0.05) is 143 Å². The van der Waals surface area contributed by atoms with Crippen molar-refractivity contribution in [3.05, 3.63) is 95.1 Å². The van der Waals surface area contributed by atoms with Gasteiger partial charge in [-0.3, -0.25) is 9.59 Å². The minimum Gasteiger partial charge on any atom is -0.294 e. The summed E-state index contributed by atoms with van der Waals surface area (Å²) in [5.74, 6) is -0.277. The molecule has 0 saturated heterocycles. The van der Waals surface area contributed by atoms with Crippen LogP contribution in [0.1, 0.15) is 109 Å². The average Bonchev–Trinajstić information content (AvgIpc) is 2.90. The molecule has 0 radical (unpaired) electrons. The van der Waals surface area contributed by atoms with Crippen LogP contribution in [-0.2, 0) is 6.42 Å². The van der Waals surface area contributed by atoms with Gasteiger partial charge in [0.1, 0.15) is 0 Å². The Morgan fingerprint density at radius 1 is 0.528 bits per heavy atom. The van der Waals surface area contributed by atoms with E-state index in [1.807, 2.05) is 43.3 Å². The summed E-state index contributed by atoms with van der Waals surface area (Å²) in [5, 5.41) is 0. The molecule has 0 fully saturated rings. The molecule has 0 atom stereocenters. The third kappa shape index (κ3) is 9.22. The van der Waals surface area contributed by atoms with Crippen molar-refractivity contribution in [3.63, 3.8) is 0 Å². The number of carbonyl (C=O) groups excluding carboxylic acids is 2. The maximum Gasteiger partial charge on any atom is 0.170 e. The number of hydrogen-bond acceptors (Lipinski definition) is 2. The van der Waals surface area contributed by atoms with E-state index in [1.54, 1.807) is 12.1 Å². The van der Waals surface area contributed by atoms with Gasteiger partial charge in [0.15, 0.2) is 11.6 Å². The summed E-state index contributed by atoms with van der Waals surface area (Å²) in [5.41, 5.74) is 5.89. The van der Waals surface area contributed by atoms with Gasteiger partial charge in [-0.05, 0) is 36.5 Å². The molecule has 0 unspecified atom stereocenters. The second-order valence-corrected chi connectivity index (χ2v) is 10.1. The van der Waals surface area contributed by atoms with Crippen LogP contribution in [0.5, 0.6) is 0 Å². The number of benzene rings is 3. The lowest BCUT2D eigenvalue weighted by Gasteiger charge is -2.07. The molecule has 2 heteroatoms. The Kier molecular flexibility index (Phi) is 11.6. The molecule has 0 saturated carbocycles. The lowest BCUT2D eigenvalue weighted by Crippen LogP contribution is -2.08. The summed E-state index contributed by atoms with van der Waals surface area (Å²) in [6.07, 6.45) is 14.7. The summed E-state index contributed by atoms with van der Waals surface area (Å²) < 4.78 is 0. The van der Waals surface area contributed by atoms with Gasteiger partial charge in [0.2, 0.25) is 0 Å². The van der Waals surface area contributed by atoms with Gasteiger partial charge in [0, 0.05) is 11.1 Å². The smallest absolute Gasteiger partial charge is 0.170 e. The number of hydrogen-bond donors (Lipinski definition) is 0. The molecule has 0 N–H and O–H groups in total. The number of unbranched alkanes of at least 4 members (excludes halogenated alkanes) is 9. The molecule has 0 spiro atoms. The van der Waals surface area contributed by atoms with Crippen LogP contribution in [0.4, 0.5) is 0 Å². The average molecular weight is 483 g/mol. The van der Waals surface area contributed by atoms with E-state index in [4.69, 9.17) is 0 Å². The Morgan fingerprint density at radius 3 is 1.44 bits per heavy atom. The molecule has 0 heterocycles. The normalized spacial score (nSPS) is 10.9. The predicted molar refractivity (Wildman–Crippen MR) is 152 cm³/mol. The van der Waals surface area contributed by atoms with E-state index in [0.29, 0.717) is 11.1 Å².